The smallest absolute Gasteiger partial charge is 0.251 e. The van der Waals surface area contributed by atoms with Crippen LogP contribution in [0.5, 0.6) is 5.75 Å². The largest absolute Gasteiger partial charge is 0.497 e. The van der Waals surface area contributed by atoms with Crippen molar-refractivity contribution < 1.29 is 14.3 Å². The highest BCUT2D eigenvalue weighted by atomic mass is 16.5. The highest BCUT2D eigenvalue weighted by Gasteiger charge is 2.31. The Bertz CT molecular complexity index is 586. The molecule has 25 heavy (non-hydrogen) atoms. The van der Waals surface area contributed by atoms with Gasteiger partial charge in [0.05, 0.1) is 7.11 Å². The van der Waals surface area contributed by atoms with Crippen LogP contribution in [0, 0.1) is 11.8 Å². The van der Waals surface area contributed by atoms with Crippen LogP contribution in [0.25, 0.3) is 0 Å². The van der Waals surface area contributed by atoms with Gasteiger partial charge >= 0.3 is 0 Å². The monoisotopic (exact) mass is 347 g/mol. The molecule has 1 fully saturated rings. The van der Waals surface area contributed by atoms with Crippen molar-refractivity contribution in [2.24, 2.45) is 17.6 Å². The molecule has 6 heteroatoms. The van der Waals surface area contributed by atoms with E-state index in [1.165, 1.54) is 0 Å². The zero-order valence-electron chi connectivity index (χ0n) is 15.2. The van der Waals surface area contributed by atoms with Crippen molar-refractivity contribution in [3.8, 4) is 5.75 Å². The van der Waals surface area contributed by atoms with Crippen LogP contribution in [0.4, 0.5) is 0 Å². The zero-order valence-corrected chi connectivity index (χ0v) is 15.2. The summed E-state index contributed by atoms with van der Waals surface area (Å²) in [4.78, 5) is 25.2. The molecule has 2 rings (SSSR count). The summed E-state index contributed by atoms with van der Waals surface area (Å²) in [5.41, 5.74) is 6.28. The van der Waals surface area contributed by atoms with E-state index in [1.54, 1.807) is 31.4 Å². The standard InChI is InChI=1S/C19H29N3O3/c1-12(2)17(19(24)21-16-6-4-5-14(16)11-20)22-18(23)13-7-9-15(25-3)10-8-13/h7-10,12,14,16-17H,4-6,11,20H2,1-3H3,(H,21,24)(H,22,23). The van der Waals surface area contributed by atoms with Crippen LogP contribution in [0.3, 0.4) is 0 Å². The molecule has 0 radical (unpaired) electrons. The topological polar surface area (TPSA) is 93.4 Å². The van der Waals surface area contributed by atoms with Crippen molar-refractivity contribution in [2.75, 3.05) is 13.7 Å². The average Bonchev–Trinajstić information content (AvgIpc) is 3.06. The first kappa shape index (κ1) is 19.2. The molecule has 138 valence electrons. The minimum Gasteiger partial charge on any atom is -0.497 e. The van der Waals surface area contributed by atoms with E-state index in [0.29, 0.717) is 23.8 Å². The molecule has 1 aromatic rings. The van der Waals surface area contributed by atoms with Crippen molar-refractivity contribution in [3.63, 3.8) is 0 Å². The van der Waals surface area contributed by atoms with Gasteiger partial charge in [-0.3, -0.25) is 9.59 Å². The Kier molecular flexibility index (Phi) is 6.82. The Morgan fingerprint density at radius 1 is 1.24 bits per heavy atom. The fourth-order valence-corrected chi connectivity index (χ4v) is 3.28. The molecule has 2 amide bonds. The third-order valence-corrected chi connectivity index (χ3v) is 4.88. The lowest BCUT2D eigenvalue weighted by molar-refractivity contribution is -0.124. The van der Waals surface area contributed by atoms with Crippen LogP contribution in [0.1, 0.15) is 43.5 Å². The summed E-state index contributed by atoms with van der Waals surface area (Å²) in [5, 5.41) is 5.94. The number of carbonyl (C=O) groups excluding carboxylic acids is 2. The summed E-state index contributed by atoms with van der Waals surface area (Å²) in [5.74, 6) is 0.596. The maximum absolute atomic E-state index is 12.7. The fourth-order valence-electron chi connectivity index (χ4n) is 3.28. The fraction of sp³-hybridized carbons (Fsp3) is 0.579. The lowest BCUT2D eigenvalue weighted by Gasteiger charge is -2.26. The summed E-state index contributed by atoms with van der Waals surface area (Å²) in [6.07, 6.45) is 3.08. The zero-order chi connectivity index (χ0) is 18.4. The minimum absolute atomic E-state index is 0.0140. The van der Waals surface area contributed by atoms with Gasteiger partial charge in [-0.05, 0) is 55.5 Å². The van der Waals surface area contributed by atoms with E-state index in [9.17, 15) is 9.59 Å². The van der Waals surface area contributed by atoms with E-state index in [-0.39, 0.29) is 23.8 Å². The summed E-state index contributed by atoms with van der Waals surface area (Å²) in [6.45, 7) is 4.43. The Hall–Kier alpha value is -2.08. The van der Waals surface area contributed by atoms with E-state index in [2.05, 4.69) is 10.6 Å². The first-order valence-electron chi connectivity index (χ1n) is 8.91. The number of benzene rings is 1. The minimum atomic E-state index is -0.575. The lowest BCUT2D eigenvalue weighted by atomic mass is 10.00. The van der Waals surface area contributed by atoms with Gasteiger partial charge in [0.25, 0.3) is 5.91 Å². The SMILES string of the molecule is COc1ccc(C(=O)NC(C(=O)NC2CCCC2CN)C(C)C)cc1. The number of amides is 2. The van der Waals surface area contributed by atoms with Crippen LogP contribution in [-0.2, 0) is 4.79 Å². The molecule has 1 aliphatic rings. The molecule has 1 aliphatic carbocycles. The average molecular weight is 347 g/mol. The number of rotatable bonds is 7. The molecule has 0 heterocycles. The Morgan fingerprint density at radius 3 is 2.48 bits per heavy atom. The molecule has 1 aromatic carbocycles. The second-order valence-electron chi connectivity index (χ2n) is 6.97. The number of carbonyl (C=O) groups is 2. The van der Waals surface area contributed by atoms with Crippen molar-refractivity contribution in [1.29, 1.82) is 0 Å². The predicted molar refractivity (Wildman–Crippen MR) is 97.4 cm³/mol. The van der Waals surface area contributed by atoms with Crippen molar-refractivity contribution in [1.82, 2.24) is 10.6 Å². The van der Waals surface area contributed by atoms with Crippen molar-refractivity contribution in [2.45, 2.75) is 45.2 Å². The molecule has 0 aromatic heterocycles. The first-order chi connectivity index (χ1) is 12.0. The van der Waals surface area contributed by atoms with Gasteiger partial charge in [0.2, 0.25) is 5.91 Å². The molecule has 4 N–H and O–H groups in total. The first-order valence-corrected chi connectivity index (χ1v) is 8.91. The van der Waals surface area contributed by atoms with Crippen LogP contribution in [0.15, 0.2) is 24.3 Å². The molecular formula is C19H29N3O3. The predicted octanol–water partition coefficient (Wildman–Crippen LogP) is 1.69. The Morgan fingerprint density at radius 2 is 1.92 bits per heavy atom. The quantitative estimate of drug-likeness (QED) is 0.700. The second kappa shape index (κ2) is 8.85. The van der Waals surface area contributed by atoms with Crippen LogP contribution < -0.4 is 21.1 Å². The molecule has 3 atom stereocenters. The number of hydrogen-bond donors (Lipinski definition) is 3. The third-order valence-electron chi connectivity index (χ3n) is 4.88. The van der Waals surface area contributed by atoms with E-state index >= 15 is 0 Å². The van der Waals surface area contributed by atoms with Gasteiger partial charge in [-0.15, -0.1) is 0 Å². The highest BCUT2D eigenvalue weighted by Crippen LogP contribution is 2.24. The van der Waals surface area contributed by atoms with E-state index in [4.69, 9.17) is 10.5 Å². The summed E-state index contributed by atoms with van der Waals surface area (Å²) >= 11 is 0. The van der Waals surface area contributed by atoms with Gasteiger partial charge in [-0.2, -0.15) is 0 Å². The number of methoxy groups -OCH3 is 1. The van der Waals surface area contributed by atoms with E-state index < -0.39 is 6.04 Å². The molecule has 0 spiro atoms. The Balaban J connectivity index is 2.01. The summed E-state index contributed by atoms with van der Waals surface area (Å²) < 4.78 is 5.10. The van der Waals surface area contributed by atoms with Gasteiger partial charge in [0.15, 0.2) is 0 Å². The molecule has 1 saturated carbocycles. The van der Waals surface area contributed by atoms with Crippen LogP contribution in [0.2, 0.25) is 0 Å². The van der Waals surface area contributed by atoms with Gasteiger partial charge < -0.3 is 21.1 Å². The van der Waals surface area contributed by atoms with Crippen molar-refractivity contribution in [3.05, 3.63) is 29.8 Å². The second-order valence-corrected chi connectivity index (χ2v) is 6.97. The van der Waals surface area contributed by atoms with Crippen molar-refractivity contribution >= 4 is 11.8 Å². The third kappa shape index (κ3) is 4.95. The molecule has 0 bridgehead atoms. The van der Waals surface area contributed by atoms with Gasteiger partial charge in [0, 0.05) is 11.6 Å². The van der Waals surface area contributed by atoms with Crippen LogP contribution >= 0.6 is 0 Å². The molecule has 6 nitrogen and oxygen atoms in total. The van der Waals surface area contributed by atoms with Gasteiger partial charge in [-0.1, -0.05) is 20.3 Å². The van der Waals surface area contributed by atoms with E-state index in [1.807, 2.05) is 13.8 Å². The van der Waals surface area contributed by atoms with Gasteiger partial charge in [-0.25, -0.2) is 0 Å². The molecular weight excluding hydrogens is 318 g/mol. The number of nitrogens with two attached hydrogens (primary N) is 1. The summed E-state index contributed by atoms with van der Waals surface area (Å²) in [7, 11) is 1.58. The molecule has 0 aliphatic heterocycles. The molecule has 0 saturated heterocycles. The Labute approximate surface area is 149 Å². The van der Waals surface area contributed by atoms with Gasteiger partial charge in [0.1, 0.15) is 11.8 Å². The summed E-state index contributed by atoms with van der Waals surface area (Å²) in [6, 6.07) is 6.36. The van der Waals surface area contributed by atoms with E-state index in [0.717, 1.165) is 19.3 Å². The number of ether oxygens (including phenoxy) is 1. The maximum atomic E-state index is 12.7. The number of nitrogens with one attached hydrogen (secondary N) is 2. The maximum Gasteiger partial charge on any atom is 0.251 e. The lowest BCUT2D eigenvalue weighted by Crippen LogP contribution is -2.53. The number of hydrogen-bond acceptors (Lipinski definition) is 4. The normalized spacial score (nSPS) is 21.0. The highest BCUT2D eigenvalue weighted by molar-refractivity contribution is 5.97. The van der Waals surface area contributed by atoms with Crippen LogP contribution in [-0.4, -0.2) is 37.6 Å². The molecule has 3 unspecified atom stereocenters.